The van der Waals surface area contributed by atoms with E-state index in [9.17, 15) is 4.79 Å². The zero-order valence-electron chi connectivity index (χ0n) is 11.9. The first-order valence-electron chi connectivity index (χ1n) is 6.39. The minimum absolute atomic E-state index is 0.294. The van der Waals surface area contributed by atoms with Gasteiger partial charge in [0.1, 0.15) is 0 Å². The standard InChI is InChI=1S/C15H23NO2/c1-10(2)8-12(4)16-14-7-6-11(3)9-13(14)15(17)18-5/h6-7,9-10,12,16H,8H2,1-5H3. The van der Waals surface area contributed by atoms with Crippen molar-refractivity contribution in [2.75, 3.05) is 12.4 Å². The van der Waals surface area contributed by atoms with E-state index < -0.39 is 0 Å². The van der Waals surface area contributed by atoms with E-state index in [1.807, 2.05) is 25.1 Å². The van der Waals surface area contributed by atoms with Crippen molar-refractivity contribution in [3.8, 4) is 0 Å². The number of esters is 1. The molecular formula is C15H23NO2. The summed E-state index contributed by atoms with van der Waals surface area (Å²) in [6.45, 7) is 8.47. The van der Waals surface area contributed by atoms with Crippen LogP contribution in [0.3, 0.4) is 0 Å². The normalized spacial score (nSPS) is 12.3. The second-order valence-corrected chi connectivity index (χ2v) is 5.22. The van der Waals surface area contributed by atoms with Gasteiger partial charge in [-0.2, -0.15) is 0 Å². The maximum absolute atomic E-state index is 11.7. The Kier molecular flexibility index (Phi) is 5.20. The van der Waals surface area contributed by atoms with E-state index in [2.05, 4.69) is 26.1 Å². The summed E-state index contributed by atoms with van der Waals surface area (Å²) in [5, 5.41) is 3.38. The van der Waals surface area contributed by atoms with Crippen molar-refractivity contribution in [3.63, 3.8) is 0 Å². The van der Waals surface area contributed by atoms with Gasteiger partial charge in [0.2, 0.25) is 0 Å². The Morgan fingerprint density at radius 2 is 2.00 bits per heavy atom. The Bertz CT molecular complexity index is 413. The van der Waals surface area contributed by atoms with Crippen molar-refractivity contribution in [1.82, 2.24) is 0 Å². The van der Waals surface area contributed by atoms with Crippen LogP contribution in [-0.4, -0.2) is 19.1 Å². The maximum atomic E-state index is 11.7. The first-order chi connectivity index (χ1) is 8.43. The summed E-state index contributed by atoms with van der Waals surface area (Å²) >= 11 is 0. The van der Waals surface area contributed by atoms with Crippen LogP contribution in [0.4, 0.5) is 5.69 Å². The van der Waals surface area contributed by atoms with Crippen LogP contribution in [0.15, 0.2) is 18.2 Å². The highest BCUT2D eigenvalue weighted by Crippen LogP contribution is 2.20. The molecule has 0 spiro atoms. The van der Waals surface area contributed by atoms with E-state index >= 15 is 0 Å². The molecule has 0 fully saturated rings. The Morgan fingerprint density at radius 3 is 2.56 bits per heavy atom. The number of benzene rings is 1. The number of anilines is 1. The van der Waals surface area contributed by atoms with Crippen molar-refractivity contribution >= 4 is 11.7 Å². The summed E-state index contributed by atoms with van der Waals surface area (Å²) < 4.78 is 4.82. The quantitative estimate of drug-likeness (QED) is 0.810. The van der Waals surface area contributed by atoms with E-state index in [1.54, 1.807) is 0 Å². The summed E-state index contributed by atoms with van der Waals surface area (Å²) in [6.07, 6.45) is 1.06. The Hall–Kier alpha value is -1.51. The molecule has 1 aromatic rings. The molecule has 0 aromatic heterocycles. The number of carbonyl (C=O) groups excluding carboxylic acids is 1. The van der Waals surface area contributed by atoms with Gasteiger partial charge in [-0.15, -0.1) is 0 Å². The lowest BCUT2D eigenvalue weighted by atomic mass is 10.0. The number of carbonyl (C=O) groups is 1. The summed E-state index contributed by atoms with van der Waals surface area (Å²) in [6, 6.07) is 6.13. The van der Waals surface area contributed by atoms with Gasteiger partial charge in [-0.3, -0.25) is 0 Å². The molecule has 0 aliphatic rings. The molecule has 3 nitrogen and oxygen atoms in total. The van der Waals surface area contributed by atoms with Gasteiger partial charge in [-0.1, -0.05) is 25.5 Å². The molecule has 18 heavy (non-hydrogen) atoms. The van der Waals surface area contributed by atoms with Crippen molar-refractivity contribution in [2.45, 2.75) is 40.2 Å². The average molecular weight is 249 g/mol. The van der Waals surface area contributed by atoms with Gasteiger partial charge in [0.15, 0.2) is 0 Å². The molecule has 1 unspecified atom stereocenters. The lowest BCUT2D eigenvalue weighted by Crippen LogP contribution is -2.19. The van der Waals surface area contributed by atoms with Crippen LogP contribution in [0.2, 0.25) is 0 Å². The number of hydrogen-bond acceptors (Lipinski definition) is 3. The molecule has 1 atom stereocenters. The number of aryl methyl sites for hydroxylation is 1. The van der Waals surface area contributed by atoms with Crippen molar-refractivity contribution < 1.29 is 9.53 Å². The second kappa shape index (κ2) is 6.43. The molecule has 0 bridgehead atoms. The van der Waals surface area contributed by atoms with Gasteiger partial charge in [-0.05, 0) is 38.3 Å². The molecule has 0 heterocycles. The van der Waals surface area contributed by atoms with Crippen LogP contribution in [0.1, 0.15) is 43.1 Å². The lowest BCUT2D eigenvalue weighted by Gasteiger charge is -2.19. The van der Waals surface area contributed by atoms with Crippen LogP contribution in [0.25, 0.3) is 0 Å². The van der Waals surface area contributed by atoms with E-state index in [-0.39, 0.29) is 5.97 Å². The first-order valence-corrected chi connectivity index (χ1v) is 6.39. The third kappa shape index (κ3) is 4.06. The van der Waals surface area contributed by atoms with Gasteiger partial charge in [0, 0.05) is 11.7 Å². The molecule has 1 rings (SSSR count). The van der Waals surface area contributed by atoms with E-state index in [4.69, 9.17) is 4.74 Å². The zero-order chi connectivity index (χ0) is 13.7. The summed E-state index contributed by atoms with van der Waals surface area (Å²) in [7, 11) is 1.41. The largest absolute Gasteiger partial charge is 0.465 e. The van der Waals surface area contributed by atoms with Crippen molar-refractivity contribution in [1.29, 1.82) is 0 Å². The molecule has 1 N–H and O–H groups in total. The summed E-state index contributed by atoms with van der Waals surface area (Å²) in [4.78, 5) is 11.7. The molecule has 0 radical (unpaired) electrons. The minimum Gasteiger partial charge on any atom is -0.465 e. The number of rotatable bonds is 5. The molecular weight excluding hydrogens is 226 g/mol. The predicted octanol–water partition coefficient (Wildman–Crippen LogP) is 3.63. The zero-order valence-corrected chi connectivity index (χ0v) is 11.9. The highest BCUT2D eigenvalue weighted by Gasteiger charge is 2.14. The molecule has 0 saturated carbocycles. The number of ether oxygens (including phenoxy) is 1. The topological polar surface area (TPSA) is 38.3 Å². The Balaban J connectivity index is 2.90. The number of nitrogens with one attached hydrogen (secondary N) is 1. The Morgan fingerprint density at radius 1 is 1.33 bits per heavy atom. The maximum Gasteiger partial charge on any atom is 0.339 e. The van der Waals surface area contributed by atoms with Crippen LogP contribution in [0.5, 0.6) is 0 Å². The van der Waals surface area contributed by atoms with Gasteiger partial charge in [0.05, 0.1) is 12.7 Å². The van der Waals surface area contributed by atoms with Crippen LogP contribution < -0.4 is 5.32 Å². The monoisotopic (exact) mass is 249 g/mol. The number of hydrogen-bond donors (Lipinski definition) is 1. The highest BCUT2D eigenvalue weighted by molar-refractivity contribution is 5.95. The van der Waals surface area contributed by atoms with Crippen molar-refractivity contribution in [2.24, 2.45) is 5.92 Å². The first kappa shape index (κ1) is 14.6. The molecule has 3 heteroatoms. The average Bonchev–Trinajstić information content (AvgIpc) is 2.29. The SMILES string of the molecule is COC(=O)c1cc(C)ccc1NC(C)CC(C)C. The Labute approximate surface area is 110 Å². The molecule has 0 amide bonds. The second-order valence-electron chi connectivity index (χ2n) is 5.22. The lowest BCUT2D eigenvalue weighted by molar-refractivity contribution is 0.0601. The predicted molar refractivity (Wildman–Crippen MR) is 75.1 cm³/mol. The van der Waals surface area contributed by atoms with E-state index in [0.717, 1.165) is 17.7 Å². The molecule has 0 aliphatic carbocycles. The van der Waals surface area contributed by atoms with Gasteiger partial charge in [-0.25, -0.2) is 4.79 Å². The molecule has 100 valence electrons. The van der Waals surface area contributed by atoms with Gasteiger partial charge in [0.25, 0.3) is 0 Å². The molecule has 1 aromatic carbocycles. The van der Waals surface area contributed by atoms with Gasteiger partial charge < -0.3 is 10.1 Å². The fourth-order valence-electron chi connectivity index (χ4n) is 2.09. The number of methoxy groups -OCH3 is 1. The van der Waals surface area contributed by atoms with Gasteiger partial charge >= 0.3 is 5.97 Å². The fourth-order valence-corrected chi connectivity index (χ4v) is 2.09. The highest BCUT2D eigenvalue weighted by atomic mass is 16.5. The third-order valence-corrected chi connectivity index (χ3v) is 2.81. The van der Waals surface area contributed by atoms with Crippen LogP contribution >= 0.6 is 0 Å². The smallest absolute Gasteiger partial charge is 0.339 e. The summed E-state index contributed by atoms with van der Waals surface area (Å²) in [5.74, 6) is 0.331. The summed E-state index contributed by atoms with van der Waals surface area (Å²) in [5.41, 5.74) is 2.51. The van der Waals surface area contributed by atoms with E-state index in [1.165, 1.54) is 7.11 Å². The fraction of sp³-hybridized carbons (Fsp3) is 0.533. The van der Waals surface area contributed by atoms with Crippen LogP contribution in [-0.2, 0) is 4.74 Å². The minimum atomic E-state index is -0.294. The molecule has 0 saturated heterocycles. The third-order valence-electron chi connectivity index (χ3n) is 2.81. The van der Waals surface area contributed by atoms with Crippen LogP contribution in [0, 0.1) is 12.8 Å². The molecule has 0 aliphatic heterocycles. The van der Waals surface area contributed by atoms with E-state index in [0.29, 0.717) is 17.5 Å². The van der Waals surface area contributed by atoms with Crippen molar-refractivity contribution in [3.05, 3.63) is 29.3 Å².